The molecule has 1 aromatic carbocycles. The van der Waals surface area contributed by atoms with Gasteiger partial charge < -0.3 is 4.90 Å². The molecule has 2 nitrogen and oxygen atoms in total. The van der Waals surface area contributed by atoms with Gasteiger partial charge in [0.25, 0.3) is 0 Å². The zero-order valence-electron chi connectivity index (χ0n) is 10.8. The SMILES string of the molecule is C=CCN(CC=C)c1ccc(/C=C(/C)C#N)cc1. The maximum Gasteiger partial charge on any atom is 0.0944 e. The summed E-state index contributed by atoms with van der Waals surface area (Å²) < 4.78 is 0. The summed E-state index contributed by atoms with van der Waals surface area (Å²) in [5.74, 6) is 0. The van der Waals surface area contributed by atoms with Crippen molar-refractivity contribution >= 4 is 11.8 Å². The lowest BCUT2D eigenvalue weighted by molar-refractivity contribution is 0.957. The van der Waals surface area contributed by atoms with Gasteiger partial charge >= 0.3 is 0 Å². The smallest absolute Gasteiger partial charge is 0.0944 e. The van der Waals surface area contributed by atoms with Crippen molar-refractivity contribution in [1.82, 2.24) is 0 Å². The third-order valence-corrected chi connectivity index (χ3v) is 2.52. The van der Waals surface area contributed by atoms with E-state index in [-0.39, 0.29) is 0 Å². The molecule has 0 unspecified atom stereocenters. The molecule has 0 spiro atoms. The topological polar surface area (TPSA) is 27.0 Å². The Kier molecular flexibility index (Phi) is 5.47. The molecule has 0 N–H and O–H groups in total. The van der Waals surface area contributed by atoms with Crippen LogP contribution in [0.1, 0.15) is 12.5 Å². The third-order valence-electron chi connectivity index (χ3n) is 2.52. The molecule has 0 fully saturated rings. The molecule has 0 bridgehead atoms. The van der Waals surface area contributed by atoms with Crippen molar-refractivity contribution in [1.29, 1.82) is 5.26 Å². The van der Waals surface area contributed by atoms with Crippen LogP contribution in [-0.2, 0) is 0 Å². The van der Waals surface area contributed by atoms with E-state index in [1.165, 1.54) is 0 Å². The van der Waals surface area contributed by atoms with Gasteiger partial charge in [-0.15, -0.1) is 13.2 Å². The van der Waals surface area contributed by atoms with Crippen LogP contribution >= 0.6 is 0 Å². The van der Waals surface area contributed by atoms with Gasteiger partial charge in [0, 0.05) is 24.4 Å². The van der Waals surface area contributed by atoms with Crippen LogP contribution in [0.4, 0.5) is 5.69 Å². The molecule has 0 radical (unpaired) electrons. The standard InChI is InChI=1S/C16H18N2/c1-4-10-18(11-5-2)16-8-6-15(7-9-16)12-14(3)13-17/h4-9,12H,1-2,10-11H2,3H3/b14-12-. The van der Waals surface area contributed by atoms with Crippen molar-refractivity contribution in [2.24, 2.45) is 0 Å². The molecule has 92 valence electrons. The summed E-state index contributed by atoms with van der Waals surface area (Å²) in [4.78, 5) is 2.17. The minimum atomic E-state index is 0.705. The van der Waals surface area contributed by atoms with E-state index in [9.17, 15) is 0 Å². The number of nitrogens with zero attached hydrogens (tertiary/aromatic N) is 2. The maximum absolute atomic E-state index is 8.73. The molecule has 2 heteroatoms. The molecule has 0 heterocycles. The molecule has 0 aliphatic rings. The van der Waals surface area contributed by atoms with E-state index < -0.39 is 0 Å². The van der Waals surface area contributed by atoms with Crippen molar-refractivity contribution in [3.63, 3.8) is 0 Å². The summed E-state index contributed by atoms with van der Waals surface area (Å²) in [6.07, 6.45) is 5.61. The van der Waals surface area contributed by atoms with E-state index in [2.05, 4.69) is 24.1 Å². The summed E-state index contributed by atoms with van der Waals surface area (Å²) >= 11 is 0. The molecule has 0 aromatic heterocycles. The van der Waals surface area contributed by atoms with E-state index in [1.807, 2.05) is 42.5 Å². The Balaban J connectivity index is 2.90. The maximum atomic E-state index is 8.73. The highest BCUT2D eigenvalue weighted by Gasteiger charge is 2.02. The lowest BCUT2D eigenvalue weighted by Gasteiger charge is -2.21. The first kappa shape index (κ1) is 13.8. The summed E-state index contributed by atoms with van der Waals surface area (Å²) in [5.41, 5.74) is 2.87. The second kappa shape index (κ2) is 7.13. The summed E-state index contributed by atoms with van der Waals surface area (Å²) in [6, 6.07) is 10.2. The minimum absolute atomic E-state index is 0.705. The molecule has 1 aromatic rings. The normalized spacial score (nSPS) is 10.6. The average molecular weight is 238 g/mol. The van der Waals surface area contributed by atoms with Crippen LogP contribution in [0.2, 0.25) is 0 Å². The Hall–Kier alpha value is -2.27. The summed E-state index contributed by atoms with van der Waals surface area (Å²) in [5, 5.41) is 8.73. The van der Waals surface area contributed by atoms with Crippen LogP contribution < -0.4 is 4.90 Å². The number of anilines is 1. The Labute approximate surface area is 109 Å². The van der Waals surface area contributed by atoms with E-state index in [0.29, 0.717) is 5.57 Å². The molecule has 0 aliphatic heterocycles. The van der Waals surface area contributed by atoms with E-state index in [1.54, 1.807) is 6.92 Å². The van der Waals surface area contributed by atoms with Gasteiger partial charge in [-0.05, 0) is 30.7 Å². The van der Waals surface area contributed by atoms with Gasteiger partial charge in [0.2, 0.25) is 0 Å². The minimum Gasteiger partial charge on any atom is -0.364 e. The Morgan fingerprint density at radius 3 is 2.22 bits per heavy atom. The summed E-state index contributed by atoms with van der Waals surface area (Å²) in [7, 11) is 0. The highest BCUT2D eigenvalue weighted by Crippen LogP contribution is 2.16. The first-order valence-electron chi connectivity index (χ1n) is 5.86. The largest absolute Gasteiger partial charge is 0.364 e. The molecule has 0 aliphatic carbocycles. The molecular weight excluding hydrogens is 220 g/mol. The van der Waals surface area contributed by atoms with Gasteiger partial charge in [-0.25, -0.2) is 0 Å². The molecule has 0 amide bonds. The predicted octanol–water partition coefficient (Wildman–Crippen LogP) is 3.79. The molecule has 18 heavy (non-hydrogen) atoms. The van der Waals surface area contributed by atoms with Gasteiger partial charge in [0.15, 0.2) is 0 Å². The van der Waals surface area contributed by atoms with Crippen molar-refractivity contribution in [2.75, 3.05) is 18.0 Å². The number of rotatable bonds is 6. The van der Waals surface area contributed by atoms with Crippen molar-refractivity contribution in [3.05, 3.63) is 60.7 Å². The van der Waals surface area contributed by atoms with Crippen LogP contribution in [0, 0.1) is 11.3 Å². The van der Waals surface area contributed by atoms with E-state index in [4.69, 9.17) is 5.26 Å². The number of allylic oxidation sites excluding steroid dienone is 1. The van der Waals surface area contributed by atoms with Gasteiger partial charge in [-0.3, -0.25) is 0 Å². The third kappa shape index (κ3) is 3.95. The van der Waals surface area contributed by atoms with E-state index >= 15 is 0 Å². The zero-order chi connectivity index (χ0) is 13.4. The average Bonchev–Trinajstić information content (AvgIpc) is 2.39. The first-order valence-corrected chi connectivity index (χ1v) is 5.86. The molecule has 0 saturated heterocycles. The molecule has 1 rings (SSSR count). The fourth-order valence-corrected chi connectivity index (χ4v) is 1.66. The number of benzene rings is 1. The fraction of sp³-hybridized carbons (Fsp3) is 0.188. The Morgan fingerprint density at radius 2 is 1.78 bits per heavy atom. The second-order valence-electron chi connectivity index (χ2n) is 4.01. The molecular formula is C16H18N2. The van der Waals surface area contributed by atoms with Gasteiger partial charge in [-0.2, -0.15) is 5.26 Å². The van der Waals surface area contributed by atoms with Gasteiger partial charge in [-0.1, -0.05) is 24.3 Å². The monoisotopic (exact) mass is 238 g/mol. The van der Waals surface area contributed by atoms with E-state index in [0.717, 1.165) is 24.3 Å². The zero-order valence-corrected chi connectivity index (χ0v) is 10.8. The number of nitriles is 1. The van der Waals surface area contributed by atoms with Gasteiger partial charge in [0.05, 0.1) is 6.07 Å². The highest BCUT2D eigenvalue weighted by atomic mass is 15.1. The lowest BCUT2D eigenvalue weighted by atomic mass is 10.1. The lowest BCUT2D eigenvalue weighted by Crippen LogP contribution is -2.22. The second-order valence-corrected chi connectivity index (χ2v) is 4.01. The summed E-state index contributed by atoms with van der Waals surface area (Å²) in [6.45, 7) is 10.9. The quantitative estimate of drug-likeness (QED) is 0.557. The number of hydrogen-bond donors (Lipinski definition) is 0. The highest BCUT2D eigenvalue weighted by molar-refractivity contribution is 5.60. The predicted molar refractivity (Wildman–Crippen MR) is 78.3 cm³/mol. The van der Waals surface area contributed by atoms with Crippen LogP contribution in [0.3, 0.4) is 0 Å². The van der Waals surface area contributed by atoms with Crippen molar-refractivity contribution < 1.29 is 0 Å². The fourth-order valence-electron chi connectivity index (χ4n) is 1.66. The van der Waals surface area contributed by atoms with Crippen LogP contribution in [0.15, 0.2) is 55.1 Å². The van der Waals surface area contributed by atoms with Crippen LogP contribution in [-0.4, -0.2) is 13.1 Å². The van der Waals surface area contributed by atoms with Crippen LogP contribution in [0.5, 0.6) is 0 Å². The van der Waals surface area contributed by atoms with Crippen molar-refractivity contribution in [3.8, 4) is 6.07 Å². The first-order chi connectivity index (χ1) is 8.71. The van der Waals surface area contributed by atoms with Crippen LogP contribution in [0.25, 0.3) is 6.08 Å². The van der Waals surface area contributed by atoms with Gasteiger partial charge in [0.1, 0.15) is 0 Å². The molecule has 0 saturated carbocycles. The number of hydrogen-bond acceptors (Lipinski definition) is 2. The Morgan fingerprint density at radius 1 is 1.22 bits per heavy atom. The Bertz CT molecular complexity index is 465. The molecule has 0 atom stereocenters. The van der Waals surface area contributed by atoms with Crippen molar-refractivity contribution in [2.45, 2.75) is 6.92 Å².